The number of esters is 1. The van der Waals surface area contributed by atoms with E-state index in [0.29, 0.717) is 41.1 Å². The lowest BCUT2D eigenvalue weighted by atomic mass is 9.88. The highest BCUT2D eigenvalue weighted by molar-refractivity contribution is 7.17. The number of hydrogen-bond acceptors (Lipinski definition) is 7. The summed E-state index contributed by atoms with van der Waals surface area (Å²) >= 11 is 1.51. The molecule has 2 atom stereocenters. The van der Waals surface area contributed by atoms with Crippen molar-refractivity contribution in [3.8, 4) is 11.5 Å². The molecule has 3 rings (SSSR count). The Kier molecular flexibility index (Phi) is 8.37. The molecular formula is C25H34N2O5S. The van der Waals surface area contributed by atoms with Crippen LogP contribution in [0.4, 0.5) is 5.00 Å². The van der Waals surface area contributed by atoms with Gasteiger partial charge >= 0.3 is 5.97 Å². The van der Waals surface area contributed by atoms with Crippen molar-refractivity contribution in [3.63, 3.8) is 0 Å². The average Bonchev–Trinajstić information content (AvgIpc) is 3.15. The summed E-state index contributed by atoms with van der Waals surface area (Å²) in [6, 6.07) is 5.31. The Labute approximate surface area is 200 Å². The van der Waals surface area contributed by atoms with Crippen LogP contribution in [0, 0.1) is 5.92 Å². The number of nitrogens with zero attached hydrogens (tertiary/aromatic N) is 1. The predicted molar refractivity (Wildman–Crippen MR) is 131 cm³/mol. The molecule has 2 aromatic rings. The fraction of sp³-hybridized carbons (Fsp3) is 0.520. The highest BCUT2D eigenvalue weighted by atomic mass is 32.1. The van der Waals surface area contributed by atoms with Crippen LogP contribution in [0.15, 0.2) is 18.2 Å². The van der Waals surface area contributed by atoms with Crippen molar-refractivity contribution < 1.29 is 23.8 Å². The zero-order valence-electron chi connectivity index (χ0n) is 20.3. The summed E-state index contributed by atoms with van der Waals surface area (Å²) < 4.78 is 16.0. The van der Waals surface area contributed by atoms with E-state index in [0.717, 1.165) is 30.4 Å². The molecular weight excluding hydrogens is 440 g/mol. The van der Waals surface area contributed by atoms with E-state index >= 15 is 0 Å². The quantitative estimate of drug-likeness (QED) is 0.538. The number of rotatable bonds is 9. The summed E-state index contributed by atoms with van der Waals surface area (Å²) in [5.74, 6) is 1.37. The number of nitrogens with one attached hydrogen (secondary N) is 1. The normalized spacial score (nSPS) is 16.2. The summed E-state index contributed by atoms with van der Waals surface area (Å²) in [7, 11) is 5.10. The Hall–Kier alpha value is -2.58. The van der Waals surface area contributed by atoms with Gasteiger partial charge in [0.2, 0.25) is 5.91 Å². The number of carbonyl (C=O) groups excluding carboxylic acids is 2. The molecule has 0 fully saturated rings. The number of anilines is 1. The second kappa shape index (κ2) is 11.0. The Morgan fingerprint density at radius 2 is 1.97 bits per heavy atom. The fourth-order valence-corrected chi connectivity index (χ4v) is 5.48. The monoisotopic (exact) mass is 474 g/mol. The summed E-state index contributed by atoms with van der Waals surface area (Å²) in [5, 5.41) is 3.62. The van der Waals surface area contributed by atoms with Crippen molar-refractivity contribution >= 4 is 28.2 Å². The van der Waals surface area contributed by atoms with Gasteiger partial charge in [-0.15, -0.1) is 11.3 Å². The van der Waals surface area contributed by atoms with Crippen molar-refractivity contribution in [2.45, 2.75) is 52.6 Å². The molecule has 1 aromatic carbocycles. The number of benzene rings is 1. The first-order valence-electron chi connectivity index (χ1n) is 11.3. The van der Waals surface area contributed by atoms with Gasteiger partial charge in [-0.1, -0.05) is 13.0 Å². The van der Waals surface area contributed by atoms with E-state index in [1.54, 1.807) is 21.1 Å². The Balaban J connectivity index is 1.75. The van der Waals surface area contributed by atoms with Gasteiger partial charge < -0.3 is 19.5 Å². The van der Waals surface area contributed by atoms with Crippen LogP contribution in [0.2, 0.25) is 0 Å². The van der Waals surface area contributed by atoms with Crippen LogP contribution in [0.5, 0.6) is 11.5 Å². The van der Waals surface area contributed by atoms with Crippen LogP contribution >= 0.6 is 11.3 Å². The molecule has 180 valence electrons. The van der Waals surface area contributed by atoms with Crippen molar-refractivity contribution in [1.82, 2.24) is 4.90 Å². The largest absolute Gasteiger partial charge is 0.493 e. The van der Waals surface area contributed by atoms with Gasteiger partial charge in [0.15, 0.2) is 11.5 Å². The van der Waals surface area contributed by atoms with E-state index in [2.05, 4.69) is 12.2 Å². The second-order valence-electron chi connectivity index (χ2n) is 8.55. The number of amides is 1. The maximum Gasteiger partial charge on any atom is 0.341 e. The fourth-order valence-electron chi connectivity index (χ4n) is 4.08. The molecule has 7 nitrogen and oxygen atoms in total. The number of ether oxygens (including phenoxy) is 3. The van der Waals surface area contributed by atoms with Crippen LogP contribution in [-0.4, -0.2) is 50.7 Å². The Morgan fingerprint density at radius 1 is 1.24 bits per heavy atom. The Morgan fingerprint density at radius 3 is 2.64 bits per heavy atom. The van der Waals surface area contributed by atoms with Gasteiger partial charge in [0.25, 0.3) is 0 Å². The molecule has 0 unspecified atom stereocenters. The van der Waals surface area contributed by atoms with Gasteiger partial charge in [-0.2, -0.15) is 0 Å². The third-order valence-electron chi connectivity index (χ3n) is 6.15. The number of hydrogen-bond donors (Lipinski definition) is 1. The molecule has 0 bridgehead atoms. The highest BCUT2D eigenvalue weighted by Gasteiger charge is 2.30. The maximum atomic E-state index is 13.1. The molecule has 0 spiro atoms. The van der Waals surface area contributed by atoms with E-state index in [1.165, 1.54) is 16.2 Å². The van der Waals surface area contributed by atoms with Crippen molar-refractivity contribution in [3.05, 3.63) is 39.8 Å². The minimum atomic E-state index is -0.411. The summed E-state index contributed by atoms with van der Waals surface area (Å²) in [6.07, 6.45) is 2.80. The van der Waals surface area contributed by atoms with E-state index < -0.39 is 6.04 Å². The summed E-state index contributed by atoms with van der Waals surface area (Å²) in [6.45, 7) is 6.73. The van der Waals surface area contributed by atoms with Crippen LogP contribution < -0.4 is 14.8 Å². The Bertz CT molecular complexity index is 1000. The predicted octanol–water partition coefficient (Wildman–Crippen LogP) is 4.53. The maximum absolute atomic E-state index is 13.1. The smallest absolute Gasteiger partial charge is 0.341 e. The molecule has 1 aliphatic rings. The molecule has 0 saturated heterocycles. The van der Waals surface area contributed by atoms with Gasteiger partial charge in [0.1, 0.15) is 5.00 Å². The van der Waals surface area contributed by atoms with Crippen molar-refractivity contribution in [2.24, 2.45) is 5.92 Å². The number of fused-ring (bicyclic) bond motifs is 1. The third kappa shape index (κ3) is 5.68. The van der Waals surface area contributed by atoms with Crippen LogP contribution in [-0.2, 0) is 28.9 Å². The van der Waals surface area contributed by atoms with Crippen LogP contribution in [0.3, 0.4) is 0 Å². The molecule has 1 aliphatic carbocycles. The molecule has 1 heterocycles. The lowest BCUT2D eigenvalue weighted by Crippen LogP contribution is -2.39. The molecule has 0 radical (unpaired) electrons. The van der Waals surface area contributed by atoms with Crippen LogP contribution in [0.1, 0.15) is 53.6 Å². The number of likely N-dealkylation sites (N-methyl/N-ethyl adjacent to an activating group) is 1. The van der Waals surface area contributed by atoms with E-state index in [4.69, 9.17) is 14.2 Å². The van der Waals surface area contributed by atoms with Gasteiger partial charge in [-0.3, -0.25) is 9.69 Å². The molecule has 1 aromatic heterocycles. The van der Waals surface area contributed by atoms with E-state index in [9.17, 15) is 9.59 Å². The van der Waals surface area contributed by atoms with Gasteiger partial charge in [0.05, 0.1) is 32.4 Å². The first-order valence-corrected chi connectivity index (χ1v) is 12.1. The zero-order valence-corrected chi connectivity index (χ0v) is 21.1. The first kappa shape index (κ1) is 25.1. The van der Waals surface area contributed by atoms with Gasteiger partial charge in [-0.05, 0) is 69.3 Å². The highest BCUT2D eigenvalue weighted by Crippen LogP contribution is 2.40. The minimum absolute atomic E-state index is 0.157. The van der Waals surface area contributed by atoms with Crippen LogP contribution in [0.25, 0.3) is 0 Å². The number of thiophene rings is 1. The minimum Gasteiger partial charge on any atom is -0.493 e. The molecule has 33 heavy (non-hydrogen) atoms. The van der Waals surface area contributed by atoms with Gasteiger partial charge in [-0.25, -0.2) is 4.79 Å². The molecule has 0 saturated carbocycles. The molecule has 0 aliphatic heterocycles. The molecule has 1 N–H and O–H groups in total. The number of methoxy groups -OCH3 is 2. The molecule has 8 heteroatoms. The van der Waals surface area contributed by atoms with Gasteiger partial charge in [0, 0.05) is 11.4 Å². The average molecular weight is 475 g/mol. The standard InChI is InChI=1S/C25H34N2O5S/c1-7-32-25(29)22-18-10-8-15(2)12-21(18)33-24(22)26-23(28)16(3)27(4)14-17-9-11-19(30-5)20(13-17)31-6/h9,11,13,15-16H,7-8,10,12,14H2,1-6H3,(H,26,28)/t15-,16-/m0/s1. The SMILES string of the molecule is CCOC(=O)c1c(NC(=O)[C@H](C)N(C)Cc2ccc(OC)c(OC)c2)sc2c1CC[C@H](C)C2. The van der Waals surface area contributed by atoms with E-state index in [1.807, 2.05) is 37.1 Å². The zero-order chi connectivity index (χ0) is 24.1. The lowest BCUT2D eigenvalue weighted by molar-refractivity contribution is -0.120. The number of carbonyl (C=O) groups is 2. The van der Waals surface area contributed by atoms with Crippen molar-refractivity contribution in [2.75, 3.05) is 33.2 Å². The van der Waals surface area contributed by atoms with Crippen molar-refractivity contribution in [1.29, 1.82) is 0 Å². The topological polar surface area (TPSA) is 77.1 Å². The molecule has 1 amide bonds. The second-order valence-corrected chi connectivity index (χ2v) is 9.65. The third-order valence-corrected chi connectivity index (χ3v) is 7.32. The summed E-state index contributed by atoms with van der Waals surface area (Å²) in [4.78, 5) is 29.0. The first-order chi connectivity index (χ1) is 15.8. The summed E-state index contributed by atoms with van der Waals surface area (Å²) in [5.41, 5.74) is 2.58. The van der Waals surface area contributed by atoms with E-state index in [-0.39, 0.29) is 11.9 Å². The lowest BCUT2D eigenvalue weighted by Gasteiger charge is -2.24.